The highest BCUT2D eigenvalue weighted by Gasteiger charge is 2.35. The summed E-state index contributed by atoms with van der Waals surface area (Å²) in [5, 5.41) is 25.2. The Morgan fingerprint density at radius 2 is 1.74 bits per heavy atom. The lowest BCUT2D eigenvalue weighted by Crippen LogP contribution is -2.42. The fraction of sp³-hybridized carbons (Fsp3) is 0.400. The predicted octanol–water partition coefficient (Wildman–Crippen LogP) is 4.10. The molecule has 250 valence electrons. The number of urea groups is 1. The number of ether oxygens (including phenoxy) is 3. The number of anilines is 1. The molecule has 1 aliphatic rings. The zero-order valence-corrected chi connectivity index (χ0v) is 27.5. The number of para-hydroxylation sites is 1. The smallest absolute Gasteiger partial charge is 0.320 e. The van der Waals surface area contributed by atoms with Gasteiger partial charge in [0.2, 0.25) is 5.88 Å². The lowest BCUT2D eigenvalue weighted by molar-refractivity contribution is 0.123. The summed E-state index contributed by atoms with van der Waals surface area (Å²) < 4.78 is 18.0. The second kappa shape index (κ2) is 16.5. The number of nitrogens with zero attached hydrogens (tertiary/aromatic N) is 4. The minimum absolute atomic E-state index is 0.105. The van der Waals surface area contributed by atoms with Gasteiger partial charge in [-0.1, -0.05) is 55.5 Å². The number of pyridine rings is 1. The molecule has 3 heterocycles. The van der Waals surface area contributed by atoms with E-state index in [9.17, 15) is 9.90 Å². The molecule has 12 heteroatoms. The highest BCUT2D eigenvalue weighted by molar-refractivity contribution is 5.91. The summed E-state index contributed by atoms with van der Waals surface area (Å²) in [5.74, 6) is 0.969. The van der Waals surface area contributed by atoms with Gasteiger partial charge in [0.05, 0.1) is 36.2 Å². The first-order valence-electron chi connectivity index (χ1n) is 16.0. The quantitative estimate of drug-likeness (QED) is 0.112. The topological polar surface area (TPSA) is 135 Å². The van der Waals surface area contributed by atoms with Crippen molar-refractivity contribution in [3.8, 4) is 22.8 Å². The number of carbonyl (C=O) groups excluding carboxylic acids is 1. The number of likely N-dealkylation sites (tertiary alicyclic amines) is 1. The number of aliphatic hydroxyl groups excluding tert-OH is 1. The van der Waals surface area contributed by atoms with Gasteiger partial charge in [0, 0.05) is 57.1 Å². The minimum Gasteiger partial charge on any atom is -0.475 e. The van der Waals surface area contributed by atoms with Crippen LogP contribution in [-0.4, -0.2) is 97.1 Å². The number of hydrogen-bond donors (Lipinski definition) is 4. The van der Waals surface area contributed by atoms with E-state index in [0.29, 0.717) is 54.8 Å². The van der Waals surface area contributed by atoms with Gasteiger partial charge >= 0.3 is 6.03 Å². The fourth-order valence-corrected chi connectivity index (χ4v) is 5.90. The Kier molecular flexibility index (Phi) is 11.9. The summed E-state index contributed by atoms with van der Waals surface area (Å²) in [5.41, 5.74) is 4.47. The van der Waals surface area contributed by atoms with Crippen LogP contribution in [0.3, 0.4) is 0 Å². The van der Waals surface area contributed by atoms with E-state index in [1.54, 1.807) is 25.1 Å². The summed E-state index contributed by atoms with van der Waals surface area (Å²) >= 11 is 0. The standard InChI is InChI=1S/C35H45N7O5/c1-5-36-33(43)28-20-26(21-37-34(28)47-19-18-46-4)31-24(2)32(42(40-31)27-14-10-7-11-15-27)39-35(44)38-30-23-41(16-17-45-3)22-29(30)25-12-8-6-9-13-25/h6-15,20-21,29-30,33,36,43H,5,16-19,22-23H2,1-4H3,(H2,38,39,44)/t29-,30+,33?/m0/s1. The molecule has 1 aliphatic heterocycles. The van der Waals surface area contributed by atoms with Gasteiger partial charge in [0.25, 0.3) is 0 Å². The maximum Gasteiger partial charge on any atom is 0.320 e. The van der Waals surface area contributed by atoms with Crippen LogP contribution in [0.15, 0.2) is 72.9 Å². The van der Waals surface area contributed by atoms with Gasteiger partial charge in [-0.15, -0.1) is 0 Å². The minimum atomic E-state index is -1.00. The second-order valence-corrected chi connectivity index (χ2v) is 11.5. The van der Waals surface area contributed by atoms with Crippen molar-refractivity contribution in [2.75, 3.05) is 65.5 Å². The number of methoxy groups -OCH3 is 2. The lowest BCUT2D eigenvalue weighted by atomic mass is 9.94. The second-order valence-electron chi connectivity index (χ2n) is 11.5. The van der Waals surface area contributed by atoms with E-state index in [4.69, 9.17) is 19.3 Å². The molecule has 12 nitrogen and oxygen atoms in total. The van der Waals surface area contributed by atoms with Crippen molar-refractivity contribution in [1.82, 2.24) is 30.3 Å². The Bertz CT molecular complexity index is 1580. The van der Waals surface area contributed by atoms with Crippen LogP contribution in [0.1, 0.15) is 35.8 Å². The number of amides is 2. The maximum atomic E-state index is 13.7. The molecular weight excluding hydrogens is 598 g/mol. The summed E-state index contributed by atoms with van der Waals surface area (Å²) in [6, 6.07) is 21.3. The average molecular weight is 644 g/mol. The number of carbonyl (C=O) groups is 1. The van der Waals surface area contributed by atoms with Gasteiger partial charge in [-0.2, -0.15) is 5.10 Å². The molecule has 0 spiro atoms. The Hall–Kier alpha value is -4.33. The number of benzene rings is 2. The maximum absolute atomic E-state index is 13.7. The van der Waals surface area contributed by atoms with Crippen LogP contribution in [0.5, 0.6) is 5.88 Å². The van der Waals surface area contributed by atoms with Crippen molar-refractivity contribution in [3.05, 3.63) is 89.6 Å². The Balaban J connectivity index is 1.45. The number of hydrogen-bond acceptors (Lipinski definition) is 9. The largest absolute Gasteiger partial charge is 0.475 e. The average Bonchev–Trinajstić information content (AvgIpc) is 3.64. The molecular formula is C35H45N7O5. The van der Waals surface area contributed by atoms with Crippen LogP contribution in [0.25, 0.3) is 16.9 Å². The van der Waals surface area contributed by atoms with E-state index >= 15 is 0 Å². The van der Waals surface area contributed by atoms with Gasteiger partial charge in [-0.25, -0.2) is 14.5 Å². The number of aromatic nitrogens is 3. The molecule has 0 aliphatic carbocycles. The van der Waals surface area contributed by atoms with Crippen molar-refractivity contribution in [3.63, 3.8) is 0 Å². The summed E-state index contributed by atoms with van der Waals surface area (Å²) in [6.07, 6.45) is 0.661. The van der Waals surface area contributed by atoms with E-state index in [1.807, 2.05) is 68.4 Å². The van der Waals surface area contributed by atoms with Crippen molar-refractivity contribution >= 4 is 11.8 Å². The van der Waals surface area contributed by atoms with Crippen molar-refractivity contribution in [2.45, 2.75) is 32.0 Å². The summed E-state index contributed by atoms with van der Waals surface area (Å²) in [4.78, 5) is 20.6. The van der Waals surface area contributed by atoms with E-state index in [0.717, 1.165) is 24.3 Å². The van der Waals surface area contributed by atoms with Gasteiger partial charge in [0.15, 0.2) is 0 Å². The molecule has 2 amide bonds. The van der Waals surface area contributed by atoms with Crippen LogP contribution in [0, 0.1) is 6.92 Å². The summed E-state index contributed by atoms with van der Waals surface area (Å²) in [6.45, 7) is 7.98. The van der Waals surface area contributed by atoms with E-state index in [2.05, 4.69) is 38.0 Å². The molecule has 0 radical (unpaired) electrons. The van der Waals surface area contributed by atoms with Crippen LogP contribution in [-0.2, 0) is 9.47 Å². The number of aliphatic hydroxyl groups is 1. The molecule has 4 N–H and O–H groups in total. The van der Waals surface area contributed by atoms with Crippen LogP contribution in [0.4, 0.5) is 10.6 Å². The molecule has 1 saturated heterocycles. The number of nitrogens with one attached hydrogen (secondary N) is 3. The van der Waals surface area contributed by atoms with Crippen LogP contribution in [0.2, 0.25) is 0 Å². The third-order valence-electron chi connectivity index (χ3n) is 8.28. The zero-order valence-electron chi connectivity index (χ0n) is 27.5. The Morgan fingerprint density at radius 1 is 1.02 bits per heavy atom. The van der Waals surface area contributed by atoms with Gasteiger partial charge < -0.3 is 24.6 Å². The van der Waals surface area contributed by atoms with Crippen molar-refractivity contribution in [1.29, 1.82) is 0 Å². The molecule has 0 bridgehead atoms. The third-order valence-corrected chi connectivity index (χ3v) is 8.28. The normalized spacial score (nSPS) is 17.0. The molecule has 1 unspecified atom stereocenters. The monoisotopic (exact) mass is 643 g/mol. The first-order valence-corrected chi connectivity index (χ1v) is 16.0. The Labute approximate surface area is 276 Å². The lowest BCUT2D eigenvalue weighted by Gasteiger charge is -2.21. The first kappa shape index (κ1) is 34.0. The highest BCUT2D eigenvalue weighted by atomic mass is 16.5. The number of rotatable bonds is 15. The van der Waals surface area contributed by atoms with Crippen LogP contribution >= 0.6 is 0 Å². The molecule has 2 aromatic heterocycles. The Morgan fingerprint density at radius 3 is 2.45 bits per heavy atom. The molecule has 4 aromatic rings. The SMILES string of the molecule is CCNC(O)c1cc(-c2nn(-c3ccccc3)c(NC(=O)N[C@@H]3CN(CCOC)C[C@H]3c3ccccc3)c2C)cnc1OCCOC. The third kappa shape index (κ3) is 8.34. The molecule has 2 aromatic carbocycles. The van der Waals surface area contributed by atoms with E-state index in [1.165, 1.54) is 5.56 Å². The van der Waals surface area contributed by atoms with Gasteiger partial charge in [-0.05, 0) is 37.2 Å². The van der Waals surface area contributed by atoms with Gasteiger partial charge in [-0.3, -0.25) is 15.5 Å². The molecule has 5 rings (SSSR count). The van der Waals surface area contributed by atoms with Crippen LogP contribution < -0.4 is 20.7 Å². The molecule has 1 fully saturated rings. The first-order chi connectivity index (χ1) is 22.9. The van der Waals surface area contributed by atoms with Crippen molar-refractivity contribution in [2.24, 2.45) is 0 Å². The van der Waals surface area contributed by atoms with E-state index < -0.39 is 6.23 Å². The fourth-order valence-electron chi connectivity index (χ4n) is 5.90. The van der Waals surface area contributed by atoms with E-state index in [-0.39, 0.29) is 24.6 Å². The highest BCUT2D eigenvalue weighted by Crippen LogP contribution is 2.34. The molecule has 0 saturated carbocycles. The zero-order chi connectivity index (χ0) is 33.2. The molecule has 47 heavy (non-hydrogen) atoms. The van der Waals surface area contributed by atoms with Gasteiger partial charge in [0.1, 0.15) is 18.7 Å². The van der Waals surface area contributed by atoms with Crippen molar-refractivity contribution < 1.29 is 24.1 Å². The molecule has 3 atom stereocenters. The summed E-state index contributed by atoms with van der Waals surface area (Å²) in [7, 11) is 3.30. The predicted molar refractivity (Wildman–Crippen MR) is 181 cm³/mol.